The molecule has 3 rings (SSSR count). The van der Waals surface area contributed by atoms with Gasteiger partial charge in [0.2, 0.25) is 5.91 Å². The SMILES string of the molecule is CCn1c(SCC(=O)Nc2ccccc2C(N)=O)nnc1C(C)Oc1cc(Cl)ccc1Cl. The predicted octanol–water partition coefficient (Wildman–Crippen LogP) is 4.57. The summed E-state index contributed by atoms with van der Waals surface area (Å²) in [6.45, 7) is 4.35. The molecule has 0 aliphatic rings. The number of ether oxygens (including phenoxy) is 1. The molecular formula is C21H21Cl2N5O3S. The lowest BCUT2D eigenvalue weighted by molar-refractivity contribution is -0.113. The highest BCUT2D eigenvalue weighted by atomic mass is 35.5. The number of aromatic nitrogens is 3. The van der Waals surface area contributed by atoms with Crippen LogP contribution in [0.2, 0.25) is 10.0 Å². The molecule has 11 heteroatoms. The molecule has 0 aliphatic heterocycles. The number of hydrogen-bond donors (Lipinski definition) is 2. The zero-order chi connectivity index (χ0) is 23.3. The summed E-state index contributed by atoms with van der Waals surface area (Å²) in [6, 6.07) is 11.5. The molecule has 1 heterocycles. The van der Waals surface area contributed by atoms with Crippen molar-refractivity contribution in [2.45, 2.75) is 31.7 Å². The zero-order valence-electron chi connectivity index (χ0n) is 17.3. The smallest absolute Gasteiger partial charge is 0.250 e. The Labute approximate surface area is 199 Å². The van der Waals surface area contributed by atoms with Crippen LogP contribution in [0.15, 0.2) is 47.6 Å². The van der Waals surface area contributed by atoms with Crippen LogP contribution in [0, 0.1) is 0 Å². The molecule has 0 spiro atoms. The van der Waals surface area contributed by atoms with Crippen LogP contribution in [0.1, 0.15) is 36.1 Å². The van der Waals surface area contributed by atoms with Crippen molar-refractivity contribution in [3.05, 3.63) is 63.9 Å². The molecule has 0 saturated heterocycles. The van der Waals surface area contributed by atoms with E-state index in [4.69, 9.17) is 33.7 Å². The number of amides is 2. The van der Waals surface area contributed by atoms with Gasteiger partial charge in [0.25, 0.3) is 5.91 Å². The average molecular weight is 494 g/mol. The van der Waals surface area contributed by atoms with Crippen LogP contribution in [0.25, 0.3) is 0 Å². The second kappa shape index (κ2) is 10.7. The second-order valence-electron chi connectivity index (χ2n) is 6.67. The first kappa shape index (κ1) is 23.9. The Morgan fingerprint density at radius 3 is 2.69 bits per heavy atom. The fourth-order valence-corrected chi connectivity index (χ4v) is 4.07. The average Bonchev–Trinajstić information content (AvgIpc) is 3.18. The maximum absolute atomic E-state index is 12.4. The highest BCUT2D eigenvalue weighted by Gasteiger charge is 2.21. The van der Waals surface area contributed by atoms with Crippen molar-refractivity contribution in [1.82, 2.24) is 14.8 Å². The lowest BCUT2D eigenvalue weighted by Gasteiger charge is -2.16. The third kappa shape index (κ3) is 5.73. The first-order valence-electron chi connectivity index (χ1n) is 9.66. The van der Waals surface area contributed by atoms with Crippen molar-refractivity contribution in [3.63, 3.8) is 0 Å². The van der Waals surface area contributed by atoms with E-state index >= 15 is 0 Å². The molecule has 168 valence electrons. The van der Waals surface area contributed by atoms with Crippen molar-refractivity contribution < 1.29 is 14.3 Å². The van der Waals surface area contributed by atoms with Crippen LogP contribution in [0.3, 0.4) is 0 Å². The Kier molecular flexibility index (Phi) is 8.00. The Hall–Kier alpha value is -2.75. The summed E-state index contributed by atoms with van der Waals surface area (Å²) in [5.74, 6) is 0.189. The molecule has 0 fully saturated rings. The number of anilines is 1. The molecular weight excluding hydrogens is 473 g/mol. The lowest BCUT2D eigenvalue weighted by Crippen LogP contribution is -2.19. The fourth-order valence-electron chi connectivity index (χ4n) is 2.94. The van der Waals surface area contributed by atoms with Crippen LogP contribution < -0.4 is 15.8 Å². The predicted molar refractivity (Wildman–Crippen MR) is 126 cm³/mol. The zero-order valence-corrected chi connectivity index (χ0v) is 19.7. The molecule has 8 nitrogen and oxygen atoms in total. The first-order chi connectivity index (χ1) is 15.3. The van der Waals surface area contributed by atoms with Gasteiger partial charge in [-0.3, -0.25) is 9.59 Å². The molecule has 3 N–H and O–H groups in total. The normalized spacial score (nSPS) is 11.8. The summed E-state index contributed by atoms with van der Waals surface area (Å²) >= 11 is 13.4. The Balaban J connectivity index is 1.68. The minimum absolute atomic E-state index is 0.0700. The molecule has 1 aromatic heterocycles. The maximum Gasteiger partial charge on any atom is 0.250 e. The monoisotopic (exact) mass is 493 g/mol. The number of thioether (sulfide) groups is 1. The van der Waals surface area contributed by atoms with Crippen molar-refractivity contribution in [2.24, 2.45) is 5.73 Å². The van der Waals surface area contributed by atoms with E-state index in [-0.39, 0.29) is 17.2 Å². The van der Waals surface area contributed by atoms with Gasteiger partial charge in [-0.15, -0.1) is 10.2 Å². The van der Waals surface area contributed by atoms with E-state index in [1.54, 1.807) is 42.5 Å². The van der Waals surface area contributed by atoms with Gasteiger partial charge in [-0.25, -0.2) is 0 Å². The number of para-hydroxylation sites is 1. The minimum atomic E-state index is -0.613. The number of nitrogens with zero attached hydrogens (tertiary/aromatic N) is 3. The van der Waals surface area contributed by atoms with Gasteiger partial charge in [0.05, 0.1) is 22.0 Å². The Bertz CT molecular complexity index is 1140. The Morgan fingerprint density at radius 1 is 1.22 bits per heavy atom. The third-order valence-electron chi connectivity index (χ3n) is 4.42. The molecule has 0 saturated carbocycles. The van der Waals surface area contributed by atoms with Crippen LogP contribution in [-0.2, 0) is 11.3 Å². The van der Waals surface area contributed by atoms with Crippen LogP contribution >= 0.6 is 35.0 Å². The Morgan fingerprint density at radius 2 is 1.97 bits per heavy atom. The number of nitrogens with two attached hydrogens (primary N) is 1. The van der Waals surface area contributed by atoms with Crippen molar-refractivity contribution in [1.29, 1.82) is 0 Å². The highest BCUT2D eigenvalue weighted by molar-refractivity contribution is 7.99. The van der Waals surface area contributed by atoms with Crippen LogP contribution in [0.4, 0.5) is 5.69 Å². The number of primary amides is 1. The van der Waals surface area contributed by atoms with Crippen molar-refractivity contribution in [3.8, 4) is 5.75 Å². The quantitative estimate of drug-likeness (QED) is 0.422. The summed E-state index contributed by atoms with van der Waals surface area (Å²) in [5.41, 5.74) is 5.96. The van der Waals surface area contributed by atoms with E-state index in [9.17, 15) is 9.59 Å². The minimum Gasteiger partial charge on any atom is -0.481 e. The fraction of sp³-hybridized carbons (Fsp3) is 0.238. The van der Waals surface area contributed by atoms with Crippen molar-refractivity contribution in [2.75, 3.05) is 11.1 Å². The molecule has 0 aliphatic carbocycles. The maximum atomic E-state index is 12.4. The topological polar surface area (TPSA) is 112 Å². The number of hydrogen-bond acceptors (Lipinski definition) is 6. The van der Waals surface area contributed by atoms with E-state index in [0.717, 1.165) is 0 Å². The molecule has 32 heavy (non-hydrogen) atoms. The summed E-state index contributed by atoms with van der Waals surface area (Å²) in [4.78, 5) is 23.9. The number of rotatable bonds is 9. The summed E-state index contributed by atoms with van der Waals surface area (Å²) < 4.78 is 7.80. The number of benzene rings is 2. The molecule has 0 radical (unpaired) electrons. The number of nitrogens with one attached hydrogen (secondary N) is 1. The van der Waals surface area contributed by atoms with Gasteiger partial charge in [0.1, 0.15) is 5.75 Å². The molecule has 1 atom stereocenters. The van der Waals surface area contributed by atoms with Gasteiger partial charge in [-0.1, -0.05) is 47.1 Å². The second-order valence-corrected chi connectivity index (χ2v) is 8.45. The van der Waals surface area contributed by atoms with Gasteiger partial charge in [0.15, 0.2) is 17.1 Å². The van der Waals surface area contributed by atoms with E-state index in [0.29, 0.717) is 39.0 Å². The summed E-state index contributed by atoms with van der Waals surface area (Å²) in [5, 5.41) is 12.6. The molecule has 0 bridgehead atoms. The molecule has 1 unspecified atom stereocenters. The highest BCUT2D eigenvalue weighted by Crippen LogP contribution is 2.32. The van der Waals surface area contributed by atoms with E-state index in [1.807, 2.05) is 18.4 Å². The van der Waals surface area contributed by atoms with Gasteiger partial charge in [0, 0.05) is 17.6 Å². The lowest BCUT2D eigenvalue weighted by atomic mass is 10.1. The largest absolute Gasteiger partial charge is 0.481 e. The molecule has 2 aromatic carbocycles. The van der Waals surface area contributed by atoms with E-state index in [2.05, 4.69) is 15.5 Å². The number of carbonyl (C=O) groups excluding carboxylic acids is 2. The van der Waals surface area contributed by atoms with Gasteiger partial charge < -0.3 is 20.4 Å². The van der Waals surface area contributed by atoms with Crippen LogP contribution in [0.5, 0.6) is 5.75 Å². The van der Waals surface area contributed by atoms with Crippen LogP contribution in [-0.4, -0.2) is 32.3 Å². The summed E-state index contributed by atoms with van der Waals surface area (Å²) in [6.07, 6.45) is -0.455. The van der Waals surface area contributed by atoms with E-state index < -0.39 is 12.0 Å². The summed E-state index contributed by atoms with van der Waals surface area (Å²) in [7, 11) is 0. The first-order valence-corrected chi connectivity index (χ1v) is 11.4. The number of carbonyl (C=O) groups is 2. The standard InChI is InChI=1S/C21H21Cl2N5O3S/c1-3-28-20(12(2)31-17-10-13(22)8-9-15(17)23)26-27-21(28)32-11-18(29)25-16-7-5-4-6-14(16)19(24)30/h4-10,12H,3,11H2,1-2H3,(H2,24,30)(H,25,29). The van der Waals surface area contributed by atoms with Gasteiger partial charge in [-0.05, 0) is 38.1 Å². The molecule has 2 amide bonds. The van der Waals surface area contributed by atoms with Gasteiger partial charge in [-0.2, -0.15) is 0 Å². The van der Waals surface area contributed by atoms with E-state index in [1.165, 1.54) is 11.8 Å². The number of halogens is 2. The third-order valence-corrected chi connectivity index (χ3v) is 5.94. The van der Waals surface area contributed by atoms with Crippen molar-refractivity contribution >= 4 is 52.5 Å². The molecule has 3 aromatic rings. The van der Waals surface area contributed by atoms with Gasteiger partial charge >= 0.3 is 0 Å².